The minimum atomic E-state index is -0.348. The molecule has 3 rings (SSSR count). The van der Waals surface area contributed by atoms with Crippen molar-refractivity contribution in [1.82, 2.24) is 0 Å². The van der Waals surface area contributed by atoms with Crippen LogP contribution in [0.3, 0.4) is 0 Å². The van der Waals surface area contributed by atoms with E-state index >= 15 is 0 Å². The van der Waals surface area contributed by atoms with Crippen molar-refractivity contribution in [3.63, 3.8) is 0 Å². The fraction of sp³-hybridized carbons (Fsp3) is 0.0500. The minimum absolute atomic E-state index is 0.264. The van der Waals surface area contributed by atoms with Crippen molar-refractivity contribution < 1.29 is 14.3 Å². The van der Waals surface area contributed by atoms with Crippen LogP contribution in [0.15, 0.2) is 78.9 Å². The summed E-state index contributed by atoms with van der Waals surface area (Å²) in [6, 6.07) is 24.3. The number of hydrogen-bond acceptors (Lipinski definition) is 3. The molecular weight excluding hydrogens is 415 g/mol. The Morgan fingerprint density at radius 3 is 2.00 bits per heavy atom. The van der Waals surface area contributed by atoms with Crippen LogP contribution in [-0.4, -0.2) is 5.97 Å². The molecule has 0 aliphatic carbocycles. The van der Waals surface area contributed by atoms with E-state index in [1.54, 1.807) is 24.3 Å². The van der Waals surface area contributed by atoms with Crippen LogP contribution in [0.2, 0.25) is 0 Å². The van der Waals surface area contributed by atoms with Crippen molar-refractivity contribution in [2.45, 2.75) is 6.61 Å². The third-order valence-electron chi connectivity index (χ3n) is 3.35. The highest BCUT2D eigenvalue weighted by Gasteiger charge is 2.08. The summed E-state index contributed by atoms with van der Waals surface area (Å²) >= 11 is 2.24. The Balaban J connectivity index is 1.59. The lowest BCUT2D eigenvalue weighted by Crippen LogP contribution is -2.05. The first-order valence-corrected chi connectivity index (χ1v) is 8.53. The van der Waals surface area contributed by atoms with Gasteiger partial charge in [-0.1, -0.05) is 30.3 Å². The van der Waals surface area contributed by atoms with Crippen LogP contribution >= 0.6 is 22.6 Å². The molecule has 0 unspecified atom stereocenters. The molecule has 3 nitrogen and oxygen atoms in total. The van der Waals surface area contributed by atoms with Gasteiger partial charge in [-0.15, -0.1) is 0 Å². The predicted molar refractivity (Wildman–Crippen MR) is 101 cm³/mol. The van der Waals surface area contributed by atoms with Crippen molar-refractivity contribution in [2.75, 3.05) is 0 Å². The van der Waals surface area contributed by atoms with E-state index in [9.17, 15) is 4.79 Å². The topological polar surface area (TPSA) is 35.5 Å². The molecule has 0 radical (unpaired) electrons. The Hall–Kier alpha value is -2.34. The van der Waals surface area contributed by atoms with Crippen LogP contribution in [0.4, 0.5) is 0 Å². The molecular formula is C20H15IO3. The van der Waals surface area contributed by atoms with E-state index in [2.05, 4.69) is 22.6 Å². The average molecular weight is 430 g/mol. The van der Waals surface area contributed by atoms with E-state index in [-0.39, 0.29) is 12.6 Å². The third kappa shape index (κ3) is 4.58. The van der Waals surface area contributed by atoms with Crippen LogP contribution in [0.5, 0.6) is 11.5 Å². The van der Waals surface area contributed by atoms with Crippen molar-refractivity contribution in [2.24, 2.45) is 0 Å². The van der Waals surface area contributed by atoms with Gasteiger partial charge in [-0.2, -0.15) is 0 Å². The maximum atomic E-state index is 12.1. The van der Waals surface area contributed by atoms with Gasteiger partial charge in [0.05, 0.1) is 5.56 Å². The molecule has 24 heavy (non-hydrogen) atoms. The van der Waals surface area contributed by atoms with Gasteiger partial charge in [0, 0.05) is 3.57 Å². The Bertz CT molecular complexity index is 797. The third-order valence-corrected chi connectivity index (χ3v) is 4.07. The molecule has 0 amide bonds. The summed E-state index contributed by atoms with van der Waals surface area (Å²) in [5.41, 5.74) is 1.46. The van der Waals surface area contributed by atoms with E-state index in [1.807, 2.05) is 54.6 Å². The first-order chi connectivity index (χ1) is 11.7. The van der Waals surface area contributed by atoms with Crippen molar-refractivity contribution in [3.05, 3.63) is 93.6 Å². The molecule has 120 valence electrons. The van der Waals surface area contributed by atoms with Gasteiger partial charge >= 0.3 is 5.97 Å². The van der Waals surface area contributed by atoms with Crippen molar-refractivity contribution in [1.29, 1.82) is 0 Å². The quantitative estimate of drug-likeness (QED) is 0.400. The molecule has 0 aliphatic heterocycles. The summed E-state index contributed by atoms with van der Waals surface area (Å²) in [5, 5.41) is 0. The largest absolute Gasteiger partial charge is 0.457 e. The smallest absolute Gasteiger partial charge is 0.338 e. The Morgan fingerprint density at radius 1 is 0.792 bits per heavy atom. The maximum Gasteiger partial charge on any atom is 0.338 e. The Morgan fingerprint density at radius 2 is 1.38 bits per heavy atom. The van der Waals surface area contributed by atoms with Gasteiger partial charge in [-0.05, 0) is 76.7 Å². The van der Waals surface area contributed by atoms with E-state index in [0.717, 1.165) is 14.9 Å². The number of halogens is 1. The summed E-state index contributed by atoms with van der Waals surface area (Å²) in [5.74, 6) is 1.09. The second kappa shape index (κ2) is 7.97. The highest BCUT2D eigenvalue weighted by molar-refractivity contribution is 14.1. The van der Waals surface area contributed by atoms with E-state index in [1.165, 1.54) is 0 Å². The number of rotatable bonds is 5. The fourth-order valence-electron chi connectivity index (χ4n) is 2.10. The summed E-state index contributed by atoms with van der Waals surface area (Å²) in [6.45, 7) is 0.264. The lowest BCUT2D eigenvalue weighted by Gasteiger charge is -2.07. The molecule has 0 N–H and O–H groups in total. The van der Waals surface area contributed by atoms with Crippen LogP contribution < -0.4 is 4.74 Å². The van der Waals surface area contributed by atoms with Crippen molar-refractivity contribution in [3.8, 4) is 11.5 Å². The standard InChI is InChI=1S/C20H15IO3/c21-17-8-12-19(13-9-17)24-18-10-6-16(7-11-18)20(22)23-14-15-4-2-1-3-5-15/h1-13H,14H2. The second-order valence-corrected chi connectivity index (χ2v) is 6.39. The van der Waals surface area contributed by atoms with Gasteiger partial charge in [-0.3, -0.25) is 0 Å². The van der Waals surface area contributed by atoms with Gasteiger partial charge in [0.15, 0.2) is 0 Å². The number of esters is 1. The van der Waals surface area contributed by atoms with E-state index in [0.29, 0.717) is 11.3 Å². The summed E-state index contributed by atoms with van der Waals surface area (Å²) < 4.78 is 12.2. The molecule has 0 bridgehead atoms. The van der Waals surface area contributed by atoms with Gasteiger partial charge < -0.3 is 9.47 Å². The fourth-order valence-corrected chi connectivity index (χ4v) is 2.46. The van der Waals surface area contributed by atoms with Crippen LogP contribution in [0.25, 0.3) is 0 Å². The van der Waals surface area contributed by atoms with Crippen LogP contribution in [0.1, 0.15) is 15.9 Å². The summed E-state index contributed by atoms with van der Waals surface area (Å²) in [7, 11) is 0. The number of hydrogen-bond donors (Lipinski definition) is 0. The molecule has 0 fully saturated rings. The summed E-state index contributed by atoms with van der Waals surface area (Å²) in [6.07, 6.45) is 0. The van der Waals surface area contributed by atoms with Gasteiger partial charge in [0.1, 0.15) is 18.1 Å². The lowest BCUT2D eigenvalue weighted by atomic mass is 10.2. The molecule has 0 saturated heterocycles. The van der Waals surface area contributed by atoms with Gasteiger partial charge in [-0.25, -0.2) is 4.79 Å². The normalized spacial score (nSPS) is 10.2. The molecule has 3 aromatic rings. The van der Waals surface area contributed by atoms with Crippen molar-refractivity contribution >= 4 is 28.6 Å². The average Bonchev–Trinajstić information content (AvgIpc) is 2.63. The summed E-state index contributed by atoms with van der Waals surface area (Å²) in [4.78, 5) is 12.1. The number of carbonyl (C=O) groups excluding carboxylic acids is 1. The first-order valence-electron chi connectivity index (χ1n) is 7.45. The predicted octanol–water partition coefficient (Wildman–Crippen LogP) is 5.44. The van der Waals surface area contributed by atoms with Crippen LogP contribution in [-0.2, 0) is 11.3 Å². The lowest BCUT2D eigenvalue weighted by molar-refractivity contribution is 0.0472. The molecule has 4 heteroatoms. The molecule has 0 heterocycles. The van der Waals surface area contributed by atoms with E-state index < -0.39 is 0 Å². The SMILES string of the molecule is O=C(OCc1ccccc1)c1ccc(Oc2ccc(I)cc2)cc1. The Labute approximate surface area is 154 Å². The molecule has 0 atom stereocenters. The zero-order valence-corrected chi connectivity index (χ0v) is 15.0. The minimum Gasteiger partial charge on any atom is -0.457 e. The van der Waals surface area contributed by atoms with Crippen LogP contribution in [0, 0.1) is 3.57 Å². The number of ether oxygens (including phenoxy) is 2. The number of carbonyl (C=O) groups is 1. The molecule has 0 aromatic heterocycles. The Kier molecular flexibility index (Phi) is 5.48. The van der Waals surface area contributed by atoms with Gasteiger partial charge in [0.2, 0.25) is 0 Å². The molecule has 0 saturated carbocycles. The molecule has 0 spiro atoms. The van der Waals surface area contributed by atoms with E-state index in [4.69, 9.17) is 9.47 Å². The molecule has 3 aromatic carbocycles. The first kappa shape index (κ1) is 16.5. The molecule has 0 aliphatic rings. The zero-order chi connectivity index (χ0) is 16.8. The number of benzene rings is 3. The highest BCUT2D eigenvalue weighted by Crippen LogP contribution is 2.22. The monoisotopic (exact) mass is 430 g/mol. The zero-order valence-electron chi connectivity index (χ0n) is 12.8. The second-order valence-electron chi connectivity index (χ2n) is 5.14. The van der Waals surface area contributed by atoms with Gasteiger partial charge in [0.25, 0.3) is 0 Å². The highest BCUT2D eigenvalue weighted by atomic mass is 127. The maximum absolute atomic E-state index is 12.1.